The van der Waals surface area contributed by atoms with Gasteiger partial charge in [0.25, 0.3) is 0 Å². The first-order chi connectivity index (χ1) is 25.6. The van der Waals surface area contributed by atoms with Gasteiger partial charge in [0.2, 0.25) is 0 Å². The van der Waals surface area contributed by atoms with E-state index >= 15 is 0 Å². The molecule has 0 radical (unpaired) electrons. The Bertz CT molecular complexity index is 989. The smallest absolute Gasteiger partial charge is 0.457 e. The normalized spacial score (nSPS) is 14.3. The van der Waals surface area contributed by atoms with Crippen LogP contribution in [0.2, 0.25) is 0 Å². The third-order valence-electron chi connectivity index (χ3n) is 8.90. The summed E-state index contributed by atoms with van der Waals surface area (Å²) in [6.07, 6.45) is 44.2. The monoisotopic (exact) mass is 769 g/mol. The third-order valence-corrected chi connectivity index (χ3v) is 9.89. The summed E-state index contributed by atoms with van der Waals surface area (Å²) in [5.41, 5.74) is 0. The molecule has 0 spiro atoms. The van der Waals surface area contributed by atoms with Crippen molar-refractivity contribution in [3.8, 4) is 0 Å². The fourth-order valence-electron chi connectivity index (χ4n) is 5.60. The number of rotatable bonds is 39. The lowest BCUT2D eigenvalue weighted by Crippen LogP contribution is -2.37. The van der Waals surface area contributed by atoms with Gasteiger partial charge in [0, 0.05) is 13.0 Å². The van der Waals surface area contributed by atoms with Crippen molar-refractivity contribution in [3.05, 3.63) is 48.6 Å². The van der Waals surface area contributed by atoms with E-state index in [1.54, 1.807) is 0 Å². The number of phosphoric ester groups is 1. The van der Waals surface area contributed by atoms with Gasteiger partial charge in [0.1, 0.15) is 19.3 Å². The summed E-state index contributed by atoms with van der Waals surface area (Å²) in [5, 5.41) is 0. The number of hydrogen-bond acceptors (Lipinski definition) is 6. The average molecular weight is 769 g/mol. The number of carbonyl (C=O) groups excluding carboxylic acids is 1. The summed E-state index contributed by atoms with van der Waals surface area (Å²) < 4.78 is 34.9. The molecule has 53 heavy (non-hydrogen) atoms. The summed E-state index contributed by atoms with van der Waals surface area (Å²) in [6, 6.07) is 0. The highest BCUT2D eigenvalue weighted by Crippen LogP contribution is 2.43. The number of phosphoric acid groups is 1. The highest BCUT2D eigenvalue weighted by atomic mass is 31.2. The molecule has 310 valence electrons. The lowest BCUT2D eigenvalue weighted by molar-refractivity contribution is -0.870. The second-order valence-corrected chi connectivity index (χ2v) is 16.8. The summed E-state index contributed by atoms with van der Waals surface area (Å²) >= 11 is 0. The van der Waals surface area contributed by atoms with Crippen LogP contribution in [0.5, 0.6) is 0 Å². The summed E-state index contributed by atoms with van der Waals surface area (Å²) in [6.45, 7) is 5.49. The standard InChI is InChI=1S/C44H82NO7P/c1-6-8-10-12-14-16-18-20-21-22-23-24-25-26-27-29-31-33-35-37-44(46)52-43(42-51-53(47,48)50-40-38-45(3,4)5)41-49-39-36-34-32-30-28-19-17-15-13-11-9-7-2/h8,10,14,16,20-21,23-24,43H,6-7,9,11-13,15,17-19,22,25-42H2,1-5H3/p+1/b10-8-,16-14-,21-20-,24-23-. The number of allylic oxidation sites excluding steroid dienone is 8. The molecule has 8 nitrogen and oxygen atoms in total. The van der Waals surface area contributed by atoms with E-state index in [-0.39, 0.29) is 25.8 Å². The number of likely N-dealkylation sites (N-methyl/N-ethyl adjacent to an activating group) is 1. The molecule has 2 unspecified atom stereocenters. The minimum atomic E-state index is -4.27. The number of quaternary nitrogens is 1. The van der Waals surface area contributed by atoms with Crippen molar-refractivity contribution in [2.24, 2.45) is 0 Å². The zero-order valence-corrected chi connectivity index (χ0v) is 35.9. The second-order valence-electron chi connectivity index (χ2n) is 15.3. The van der Waals surface area contributed by atoms with Crippen LogP contribution in [0.15, 0.2) is 48.6 Å². The van der Waals surface area contributed by atoms with Crippen molar-refractivity contribution in [1.29, 1.82) is 0 Å². The molecule has 0 fully saturated rings. The maximum atomic E-state index is 12.7. The zero-order valence-electron chi connectivity index (χ0n) is 35.0. The third kappa shape index (κ3) is 41.5. The van der Waals surface area contributed by atoms with Crippen LogP contribution < -0.4 is 0 Å². The van der Waals surface area contributed by atoms with Crippen LogP contribution in [0, 0.1) is 0 Å². The Morgan fingerprint density at radius 1 is 0.604 bits per heavy atom. The Kier molecular flexibility index (Phi) is 36.3. The molecule has 9 heteroatoms. The molecule has 0 aliphatic rings. The Balaban J connectivity index is 4.26. The van der Waals surface area contributed by atoms with Gasteiger partial charge in [-0.1, -0.05) is 159 Å². The van der Waals surface area contributed by atoms with Gasteiger partial charge in [-0.3, -0.25) is 13.8 Å². The van der Waals surface area contributed by atoms with E-state index in [9.17, 15) is 14.3 Å². The molecule has 2 atom stereocenters. The van der Waals surface area contributed by atoms with Crippen molar-refractivity contribution in [1.82, 2.24) is 0 Å². The van der Waals surface area contributed by atoms with Gasteiger partial charge in [0.15, 0.2) is 0 Å². The van der Waals surface area contributed by atoms with E-state index in [2.05, 4.69) is 62.5 Å². The zero-order chi connectivity index (χ0) is 39.1. The van der Waals surface area contributed by atoms with Gasteiger partial charge >= 0.3 is 13.8 Å². The quantitative estimate of drug-likeness (QED) is 0.0219. The maximum absolute atomic E-state index is 12.7. The van der Waals surface area contributed by atoms with Gasteiger partial charge in [-0.2, -0.15) is 0 Å². The molecule has 0 aliphatic heterocycles. The van der Waals surface area contributed by atoms with Gasteiger partial charge in [-0.25, -0.2) is 4.57 Å². The minimum absolute atomic E-state index is 0.0849. The second kappa shape index (κ2) is 37.4. The predicted octanol–water partition coefficient (Wildman–Crippen LogP) is 12.4. The number of hydrogen-bond donors (Lipinski definition) is 1. The first kappa shape index (κ1) is 51.5. The van der Waals surface area contributed by atoms with Crippen molar-refractivity contribution in [3.63, 3.8) is 0 Å². The molecular weight excluding hydrogens is 685 g/mol. The lowest BCUT2D eigenvalue weighted by Gasteiger charge is -2.24. The Morgan fingerprint density at radius 3 is 1.64 bits per heavy atom. The molecular formula is C44H83NO7P+. The number of nitrogens with zero attached hydrogens (tertiary/aromatic N) is 1. The van der Waals surface area contributed by atoms with Crippen LogP contribution in [0.3, 0.4) is 0 Å². The fourth-order valence-corrected chi connectivity index (χ4v) is 6.34. The topological polar surface area (TPSA) is 91.3 Å². The number of esters is 1. The van der Waals surface area contributed by atoms with Crippen molar-refractivity contribution >= 4 is 13.8 Å². The average Bonchev–Trinajstić information content (AvgIpc) is 3.11. The van der Waals surface area contributed by atoms with E-state index in [1.807, 2.05) is 21.1 Å². The first-order valence-corrected chi connectivity index (χ1v) is 22.9. The highest BCUT2D eigenvalue weighted by Gasteiger charge is 2.26. The SMILES string of the molecule is CC/C=C\C/C=C\C/C=C\C/C=C\CCCCCCCCC(=O)OC(COCCCCCCCCCCCCCC)COP(=O)(O)OCC[N+](C)(C)C. The molecule has 0 saturated carbocycles. The van der Waals surface area contributed by atoms with Crippen LogP contribution in [-0.2, 0) is 27.9 Å². The van der Waals surface area contributed by atoms with Crippen LogP contribution in [-0.4, -0.2) is 75.6 Å². The summed E-state index contributed by atoms with van der Waals surface area (Å²) in [4.78, 5) is 22.9. The Labute approximate surface area is 327 Å². The van der Waals surface area contributed by atoms with Crippen LogP contribution in [0.25, 0.3) is 0 Å². The number of unbranched alkanes of at least 4 members (excludes halogenated alkanes) is 17. The van der Waals surface area contributed by atoms with Crippen LogP contribution in [0.1, 0.15) is 168 Å². The van der Waals surface area contributed by atoms with Gasteiger partial charge in [0.05, 0.1) is 34.4 Å². The summed E-state index contributed by atoms with van der Waals surface area (Å²) in [5.74, 6) is -0.328. The number of carbonyl (C=O) groups is 1. The van der Waals surface area contributed by atoms with Gasteiger partial charge in [-0.15, -0.1) is 0 Å². The molecule has 0 saturated heterocycles. The molecule has 0 rings (SSSR count). The molecule has 0 bridgehead atoms. The van der Waals surface area contributed by atoms with Crippen molar-refractivity contribution < 1.29 is 37.3 Å². The van der Waals surface area contributed by atoms with E-state index in [0.717, 1.165) is 70.6 Å². The maximum Gasteiger partial charge on any atom is 0.472 e. The minimum Gasteiger partial charge on any atom is -0.457 e. The molecule has 0 aromatic heterocycles. The van der Waals surface area contributed by atoms with Gasteiger partial charge < -0.3 is 18.9 Å². The van der Waals surface area contributed by atoms with Crippen molar-refractivity contribution in [2.75, 3.05) is 54.1 Å². The van der Waals surface area contributed by atoms with E-state index in [1.165, 1.54) is 77.0 Å². The molecule has 0 amide bonds. The lowest BCUT2D eigenvalue weighted by atomic mass is 10.1. The molecule has 0 aromatic rings. The van der Waals surface area contributed by atoms with E-state index in [0.29, 0.717) is 24.1 Å². The van der Waals surface area contributed by atoms with E-state index in [4.69, 9.17) is 18.5 Å². The largest absolute Gasteiger partial charge is 0.472 e. The molecule has 0 aromatic carbocycles. The molecule has 0 aliphatic carbocycles. The fraction of sp³-hybridized carbons (Fsp3) is 0.795. The molecule has 0 heterocycles. The van der Waals surface area contributed by atoms with E-state index < -0.39 is 13.9 Å². The highest BCUT2D eigenvalue weighted by molar-refractivity contribution is 7.47. The van der Waals surface area contributed by atoms with Crippen LogP contribution in [0.4, 0.5) is 0 Å². The molecule has 1 N–H and O–H groups in total. The Hall–Kier alpha value is -1.54. The van der Waals surface area contributed by atoms with Gasteiger partial charge in [-0.05, 0) is 51.4 Å². The number of ether oxygens (including phenoxy) is 2. The first-order valence-electron chi connectivity index (χ1n) is 21.4. The van der Waals surface area contributed by atoms with Crippen molar-refractivity contribution in [2.45, 2.75) is 174 Å². The van der Waals surface area contributed by atoms with Crippen LogP contribution >= 0.6 is 7.82 Å². The Morgan fingerprint density at radius 2 is 1.09 bits per heavy atom. The summed E-state index contributed by atoms with van der Waals surface area (Å²) in [7, 11) is 1.65. The predicted molar refractivity (Wildman–Crippen MR) is 224 cm³/mol.